The summed E-state index contributed by atoms with van der Waals surface area (Å²) in [6, 6.07) is 14.2. The third-order valence-electron chi connectivity index (χ3n) is 3.66. The Morgan fingerprint density at radius 3 is 2.62 bits per heavy atom. The fraction of sp³-hybridized carbons (Fsp3) is 0.167. The molecule has 0 saturated heterocycles. The average molecular weight is 278 g/mol. The number of aromatic hydroxyl groups is 1. The monoisotopic (exact) mass is 278 g/mol. The molecule has 1 heterocycles. The van der Waals surface area contributed by atoms with Crippen molar-refractivity contribution in [2.24, 2.45) is 4.99 Å². The van der Waals surface area contributed by atoms with Crippen LogP contribution in [-0.2, 0) is 6.42 Å². The molecule has 3 nitrogen and oxygen atoms in total. The van der Waals surface area contributed by atoms with Gasteiger partial charge >= 0.3 is 0 Å². The molecule has 0 spiro atoms. The van der Waals surface area contributed by atoms with Gasteiger partial charge < -0.3 is 10.1 Å². The summed E-state index contributed by atoms with van der Waals surface area (Å²) in [5, 5.41) is 11.0. The molecule has 2 aromatic carbocycles. The SMILES string of the molecule is CCc1ccc(N=Cc2c(O)[nH]c3ccc(C)cc23)cc1. The number of rotatable bonds is 3. The lowest BCUT2D eigenvalue weighted by molar-refractivity contribution is 0.457. The molecule has 0 amide bonds. The summed E-state index contributed by atoms with van der Waals surface area (Å²) in [5.74, 6) is 0.157. The molecule has 0 unspecified atom stereocenters. The third kappa shape index (κ3) is 2.68. The Bertz CT molecular complexity index is 798. The second kappa shape index (κ2) is 5.44. The van der Waals surface area contributed by atoms with Gasteiger partial charge in [-0.1, -0.05) is 30.7 Å². The number of nitrogens with zero attached hydrogens (tertiary/aromatic N) is 1. The molecule has 0 bridgehead atoms. The maximum atomic E-state index is 10.0. The summed E-state index contributed by atoms with van der Waals surface area (Å²) in [5.41, 5.74) is 4.98. The quantitative estimate of drug-likeness (QED) is 0.681. The third-order valence-corrected chi connectivity index (χ3v) is 3.66. The van der Waals surface area contributed by atoms with Crippen LogP contribution in [0.5, 0.6) is 5.88 Å². The lowest BCUT2D eigenvalue weighted by Gasteiger charge is -1.98. The van der Waals surface area contributed by atoms with E-state index in [0.717, 1.165) is 34.1 Å². The molecule has 0 aliphatic carbocycles. The van der Waals surface area contributed by atoms with Crippen LogP contribution in [0.3, 0.4) is 0 Å². The van der Waals surface area contributed by atoms with Gasteiger partial charge in [-0.25, -0.2) is 0 Å². The van der Waals surface area contributed by atoms with E-state index in [1.54, 1.807) is 6.21 Å². The minimum Gasteiger partial charge on any atom is -0.494 e. The van der Waals surface area contributed by atoms with E-state index in [4.69, 9.17) is 0 Å². The van der Waals surface area contributed by atoms with Gasteiger partial charge in [0, 0.05) is 17.1 Å². The van der Waals surface area contributed by atoms with E-state index in [1.165, 1.54) is 5.56 Å². The van der Waals surface area contributed by atoms with Crippen LogP contribution in [-0.4, -0.2) is 16.3 Å². The van der Waals surface area contributed by atoms with E-state index < -0.39 is 0 Å². The number of aromatic nitrogens is 1. The van der Waals surface area contributed by atoms with Gasteiger partial charge in [-0.2, -0.15) is 0 Å². The highest BCUT2D eigenvalue weighted by Crippen LogP contribution is 2.27. The molecule has 0 aliphatic heterocycles. The first-order valence-electron chi connectivity index (χ1n) is 7.11. The van der Waals surface area contributed by atoms with Crippen LogP contribution in [0, 0.1) is 6.92 Å². The van der Waals surface area contributed by atoms with Crippen molar-refractivity contribution in [2.45, 2.75) is 20.3 Å². The van der Waals surface area contributed by atoms with Crippen molar-refractivity contribution in [2.75, 3.05) is 0 Å². The van der Waals surface area contributed by atoms with Gasteiger partial charge in [0.05, 0.1) is 11.3 Å². The van der Waals surface area contributed by atoms with Crippen molar-refractivity contribution in [3.8, 4) is 5.88 Å². The fourth-order valence-corrected chi connectivity index (χ4v) is 2.40. The lowest BCUT2D eigenvalue weighted by atomic mass is 10.1. The highest BCUT2D eigenvalue weighted by Gasteiger charge is 2.08. The molecule has 3 aromatic rings. The van der Waals surface area contributed by atoms with E-state index >= 15 is 0 Å². The highest BCUT2D eigenvalue weighted by atomic mass is 16.3. The van der Waals surface area contributed by atoms with Crippen LogP contribution < -0.4 is 0 Å². The molecule has 0 saturated carbocycles. The summed E-state index contributed by atoms with van der Waals surface area (Å²) in [6.07, 6.45) is 2.74. The molecule has 21 heavy (non-hydrogen) atoms. The second-order valence-electron chi connectivity index (χ2n) is 5.21. The van der Waals surface area contributed by atoms with Gasteiger partial charge in [-0.05, 0) is 43.2 Å². The highest BCUT2D eigenvalue weighted by molar-refractivity contribution is 6.02. The standard InChI is InChI=1S/C18H18N2O/c1-3-13-5-7-14(8-6-13)19-11-16-15-10-12(2)4-9-17(15)20-18(16)21/h4-11,20-21H,3H2,1-2H3. The molecule has 0 radical (unpaired) electrons. The van der Waals surface area contributed by atoms with Gasteiger partial charge in [0.25, 0.3) is 0 Å². The van der Waals surface area contributed by atoms with Crippen LogP contribution in [0.15, 0.2) is 47.5 Å². The van der Waals surface area contributed by atoms with E-state index in [1.807, 2.05) is 37.3 Å². The Kier molecular flexibility index (Phi) is 3.48. The zero-order chi connectivity index (χ0) is 14.8. The van der Waals surface area contributed by atoms with Crippen molar-refractivity contribution in [1.82, 2.24) is 4.98 Å². The number of benzene rings is 2. The lowest BCUT2D eigenvalue weighted by Crippen LogP contribution is -1.81. The zero-order valence-corrected chi connectivity index (χ0v) is 12.2. The summed E-state index contributed by atoms with van der Waals surface area (Å²) in [7, 11) is 0. The summed E-state index contributed by atoms with van der Waals surface area (Å²) < 4.78 is 0. The van der Waals surface area contributed by atoms with Crippen LogP contribution in [0.2, 0.25) is 0 Å². The van der Waals surface area contributed by atoms with Crippen molar-refractivity contribution in [1.29, 1.82) is 0 Å². The van der Waals surface area contributed by atoms with Crippen LogP contribution >= 0.6 is 0 Å². The molecule has 0 fully saturated rings. The zero-order valence-electron chi connectivity index (χ0n) is 12.2. The Morgan fingerprint density at radius 1 is 1.14 bits per heavy atom. The summed E-state index contributed by atoms with van der Waals surface area (Å²) >= 11 is 0. The average Bonchev–Trinajstić information content (AvgIpc) is 2.80. The van der Waals surface area contributed by atoms with Gasteiger partial charge in [-0.3, -0.25) is 4.99 Å². The number of hydrogen-bond acceptors (Lipinski definition) is 2. The number of hydrogen-bond donors (Lipinski definition) is 2. The molecular weight excluding hydrogens is 260 g/mol. The molecule has 106 valence electrons. The normalized spacial score (nSPS) is 11.5. The topological polar surface area (TPSA) is 48.4 Å². The first-order valence-corrected chi connectivity index (χ1v) is 7.11. The fourth-order valence-electron chi connectivity index (χ4n) is 2.40. The Hall–Kier alpha value is -2.55. The van der Waals surface area contributed by atoms with Crippen molar-refractivity contribution >= 4 is 22.8 Å². The first-order chi connectivity index (χ1) is 10.2. The minimum absolute atomic E-state index is 0.157. The molecule has 3 rings (SSSR count). The smallest absolute Gasteiger partial charge is 0.198 e. The number of nitrogens with one attached hydrogen (secondary N) is 1. The van der Waals surface area contributed by atoms with E-state index in [-0.39, 0.29) is 5.88 Å². The maximum Gasteiger partial charge on any atom is 0.198 e. The number of aliphatic imine (C=N–C) groups is 1. The molecule has 0 aliphatic rings. The first kappa shape index (κ1) is 13.4. The molecule has 0 atom stereocenters. The van der Waals surface area contributed by atoms with Crippen molar-refractivity contribution < 1.29 is 5.11 Å². The molecular formula is C18H18N2O. The molecule has 3 heteroatoms. The van der Waals surface area contributed by atoms with Gasteiger partial charge in [-0.15, -0.1) is 0 Å². The van der Waals surface area contributed by atoms with Gasteiger partial charge in [0.15, 0.2) is 5.88 Å². The van der Waals surface area contributed by atoms with Crippen LogP contribution in [0.4, 0.5) is 5.69 Å². The maximum absolute atomic E-state index is 10.0. The Balaban J connectivity index is 1.98. The number of H-pyrrole nitrogens is 1. The molecule has 1 aromatic heterocycles. The van der Waals surface area contributed by atoms with Crippen molar-refractivity contribution in [3.05, 3.63) is 59.2 Å². The van der Waals surface area contributed by atoms with Gasteiger partial charge in [0.2, 0.25) is 0 Å². The van der Waals surface area contributed by atoms with Gasteiger partial charge in [0.1, 0.15) is 0 Å². The Morgan fingerprint density at radius 2 is 1.90 bits per heavy atom. The summed E-state index contributed by atoms with van der Waals surface area (Å²) in [4.78, 5) is 7.43. The van der Waals surface area contributed by atoms with E-state index in [0.29, 0.717) is 0 Å². The number of aryl methyl sites for hydroxylation is 2. The number of aromatic amines is 1. The van der Waals surface area contributed by atoms with E-state index in [9.17, 15) is 5.11 Å². The van der Waals surface area contributed by atoms with E-state index in [2.05, 4.69) is 29.0 Å². The summed E-state index contributed by atoms with van der Waals surface area (Å²) in [6.45, 7) is 4.17. The minimum atomic E-state index is 0.157. The second-order valence-corrected chi connectivity index (χ2v) is 5.21. The Labute approximate surface area is 124 Å². The van der Waals surface area contributed by atoms with Crippen molar-refractivity contribution in [3.63, 3.8) is 0 Å². The number of fused-ring (bicyclic) bond motifs is 1. The van der Waals surface area contributed by atoms with Crippen LogP contribution in [0.25, 0.3) is 10.9 Å². The predicted octanol–water partition coefficient (Wildman–Crippen LogP) is 4.49. The predicted molar refractivity (Wildman–Crippen MR) is 87.8 cm³/mol. The largest absolute Gasteiger partial charge is 0.494 e. The molecule has 2 N–H and O–H groups in total. The van der Waals surface area contributed by atoms with Crippen LogP contribution in [0.1, 0.15) is 23.6 Å².